The average molecular weight is 235 g/mol. The lowest BCUT2D eigenvalue weighted by molar-refractivity contribution is 0.0915. The van der Waals surface area contributed by atoms with Gasteiger partial charge >= 0.3 is 0 Å². The predicted molar refractivity (Wildman–Crippen MR) is 62.4 cm³/mol. The van der Waals surface area contributed by atoms with E-state index in [0.29, 0.717) is 5.65 Å². The minimum atomic E-state index is -0.363. The van der Waals surface area contributed by atoms with E-state index in [4.69, 9.17) is 0 Å². The summed E-state index contributed by atoms with van der Waals surface area (Å²) in [6, 6.07) is 2.84. The Morgan fingerprint density at radius 2 is 2.06 bits per heavy atom. The number of fused-ring (bicyclic) bond motifs is 1. The van der Waals surface area contributed by atoms with Crippen LogP contribution in [0.1, 0.15) is 31.3 Å². The number of imidazole rings is 1. The van der Waals surface area contributed by atoms with Crippen molar-refractivity contribution in [2.45, 2.75) is 26.3 Å². The van der Waals surface area contributed by atoms with Crippen molar-refractivity contribution in [3.05, 3.63) is 36.0 Å². The fraction of sp³-hybridized carbons (Fsp3) is 0.333. The molecule has 17 heavy (non-hydrogen) atoms. The summed E-state index contributed by atoms with van der Waals surface area (Å²) in [4.78, 5) is 16.0. The maximum Gasteiger partial charge on any atom is 0.271 e. The minimum Gasteiger partial charge on any atom is -0.346 e. The van der Waals surface area contributed by atoms with Crippen molar-refractivity contribution in [3.8, 4) is 0 Å². The Hall–Kier alpha value is -1.91. The van der Waals surface area contributed by atoms with Crippen LogP contribution in [0.3, 0.4) is 0 Å². The third-order valence-electron chi connectivity index (χ3n) is 2.14. The van der Waals surface area contributed by atoms with Gasteiger partial charge in [-0.2, -0.15) is 0 Å². The largest absolute Gasteiger partial charge is 0.346 e. The van der Waals surface area contributed by atoms with Crippen LogP contribution in [0.2, 0.25) is 0 Å². The third kappa shape index (κ3) is 2.61. The molecule has 0 fully saturated rings. The molecule has 2 rings (SSSR count). The van der Waals surface area contributed by atoms with Gasteiger partial charge in [0.15, 0.2) is 0 Å². The van der Waals surface area contributed by atoms with Gasteiger partial charge in [-0.05, 0) is 32.9 Å². The molecule has 2 heterocycles. The molecule has 0 spiro atoms. The maximum atomic E-state index is 13.0. The van der Waals surface area contributed by atoms with Gasteiger partial charge in [0.25, 0.3) is 5.91 Å². The van der Waals surface area contributed by atoms with Crippen LogP contribution in [0, 0.1) is 5.82 Å². The van der Waals surface area contributed by atoms with Crippen molar-refractivity contribution >= 4 is 11.6 Å². The van der Waals surface area contributed by atoms with Gasteiger partial charge in [0.1, 0.15) is 17.2 Å². The molecule has 0 saturated carbocycles. The van der Waals surface area contributed by atoms with Crippen LogP contribution in [0.4, 0.5) is 4.39 Å². The SMILES string of the molecule is CC(C)(C)NC(=O)c1cn2cc(F)ccc2n1. The number of halogens is 1. The summed E-state index contributed by atoms with van der Waals surface area (Å²) in [6.07, 6.45) is 2.80. The monoisotopic (exact) mass is 235 g/mol. The highest BCUT2D eigenvalue weighted by molar-refractivity contribution is 5.93. The molecule has 0 unspecified atom stereocenters. The zero-order valence-electron chi connectivity index (χ0n) is 9.99. The zero-order chi connectivity index (χ0) is 12.6. The highest BCUT2D eigenvalue weighted by Gasteiger charge is 2.17. The summed E-state index contributed by atoms with van der Waals surface area (Å²) in [6.45, 7) is 5.67. The normalized spacial score (nSPS) is 11.8. The van der Waals surface area contributed by atoms with E-state index in [0.717, 1.165) is 0 Å². The second-order valence-electron chi connectivity index (χ2n) is 4.94. The number of pyridine rings is 1. The molecule has 0 saturated heterocycles. The van der Waals surface area contributed by atoms with Crippen molar-refractivity contribution in [1.82, 2.24) is 14.7 Å². The van der Waals surface area contributed by atoms with Crippen molar-refractivity contribution in [3.63, 3.8) is 0 Å². The van der Waals surface area contributed by atoms with Crippen molar-refractivity contribution < 1.29 is 9.18 Å². The lowest BCUT2D eigenvalue weighted by Crippen LogP contribution is -2.40. The van der Waals surface area contributed by atoms with Crippen molar-refractivity contribution in [1.29, 1.82) is 0 Å². The number of carbonyl (C=O) groups is 1. The molecule has 1 N–H and O–H groups in total. The van der Waals surface area contributed by atoms with Gasteiger partial charge in [-0.1, -0.05) is 0 Å². The van der Waals surface area contributed by atoms with Crippen molar-refractivity contribution in [2.24, 2.45) is 0 Å². The summed E-state index contributed by atoms with van der Waals surface area (Å²) in [5.41, 5.74) is 0.508. The topological polar surface area (TPSA) is 46.4 Å². The molecular weight excluding hydrogens is 221 g/mol. The highest BCUT2D eigenvalue weighted by Crippen LogP contribution is 2.08. The maximum absolute atomic E-state index is 13.0. The molecule has 0 aliphatic carbocycles. The van der Waals surface area contributed by atoms with Crippen LogP contribution in [0.15, 0.2) is 24.5 Å². The summed E-state index contributed by atoms with van der Waals surface area (Å²) < 4.78 is 14.5. The number of nitrogens with zero attached hydrogens (tertiary/aromatic N) is 2. The molecular formula is C12H14FN3O. The Kier molecular flexibility index (Phi) is 2.61. The molecule has 2 aromatic heterocycles. The molecule has 0 aliphatic heterocycles. The highest BCUT2D eigenvalue weighted by atomic mass is 19.1. The average Bonchev–Trinajstić information content (AvgIpc) is 2.57. The van der Waals surface area contributed by atoms with E-state index in [9.17, 15) is 9.18 Å². The molecule has 90 valence electrons. The Bertz CT molecular complexity index is 569. The van der Waals surface area contributed by atoms with Gasteiger partial charge in [-0.25, -0.2) is 9.37 Å². The number of amides is 1. The van der Waals surface area contributed by atoms with Crippen LogP contribution < -0.4 is 5.32 Å². The van der Waals surface area contributed by atoms with E-state index in [-0.39, 0.29) is 23.0 Å². The zero-order valence-corrected chi connectivity index (χ0v) is 9.99. The van der Waals surface area contributed by atoms with Crippen LogP contribution in [0.5, 0.6) is 0 Å². The van der Waals surface area contributed by atoms with Gasteiger partial charge in [0.05, 0.1) is 0 Å². The van der Waals surface area contributed by atoms with Gasteiger partial charge < -0.3 is 9.72 Å². The van der Waals surface area contributed by atoms with Gasteiger partial charge in [-0.15, -0.1) is 0 Å². The van der Waals surface area contributed by atoms with Gasteiger partial charge in [0.2, 0.25) is 0 Å². The molecule has 0 radical (unpaired) electrons. The van der Waals surface area contributed by atoms with E-state index in [1.807, 2.05) is 20.8 Å². The minimum absolute atomic E-state index is 0.262. The molecule has 0 aromatic carbocycles. The first-order valence-electron chi connectivity index (χ1n) is 5.32. The smallest absolute Gasteiger partial charge is 0.271 e. The van der Waals surface area contributed by atoms with E-state index in [1.165, 1.54) is 28.9 Å². The van der Waals surface area contributed by atoms with Crippen LogP contribution in [-0.4, -0.2) is 20.8 Å². The van der Waals surface area contributed by atoms with E-state index in [1.54, 1.807) is 0 Å². The van der Waals surface area contributed by atoms with Crippen molar-refractivity contribution in [2.75, 3.05) is 0 Å². The number of hydrogen-bond donors (Lipinski definition) is 1. The number of hydrogen-bond acceptors (Lipinski definition) is 2. The standard InChI is InChI=1S/C12H14FN3O/c1-12(2,3)15-11(17)9-7-16-6-8(13)4-5-10(16)14-9/h4-7H,1-3H3,(H,15,17). The van der Waals surface area contributed by atoms with E-state index < -0.39 is 0 Å². The number of carbonyl (C=O) groups excluding carboxylic acids is 1. The van der Waals surface area contributed by atoms with Crippen LogP contribution in [-0.2, 0) is 0 Å². The summed E-state index contributed by atoms with van der Waals surface area (Å²) >= 11 is 0. The van der Waals surface area contributed by atoms with Gasteiger partial charge in [-0.3, -0.25) is 4.79 Å². The molecule has 1 amide bonds. The second-order valence-corrected chi connectivity index (χ2v) is 4.94. The lowest BCUT2D eigenvalue weighted by Gasteiger charge is -2.19. The molecule has 5 heteroatoms. The molecule has 0 atom stereocenters. The first-order valence-corrected chi connectivity index (χ1v) is 5.32. The summed E-state index contributed by atoms with van der Waals surface area (Å²) in [5.74, 6) is -0.626. The molecule has 4 nitrogen and oxygen atoms in total. The first-order chi connectivity index (χ1) is 7.85. The van der Waals surface area contributed by atoms with E-state index in [2.05, 4.69) is 10.3 Å². The van der Waals surface area contributed by atoms with Crippen LogP contribution in [0.25, 0.3) is 5.65 Å². The number of rotatable bonds is 1. The molecule has 0 bridgehead atoms. The number of aromatic nitrogens is 2. The number of nitrogens with one attached hydrogen (secondary N) is 1. The quantitative estimate of drug-likeness (QED) is 0.821. The summed E-state index contributed by atoms with van der Waals surface area (Å²) in [7, 11) is 0. The lowest BCUT2D eigenvalue weighted by atomic mass is 10.1. The Balaban J connectivity index is 2.33. The fourth-order valence-corrected chi connectivity index (χ4v) is 1.48. The van der Waals surface area contributed by atoms with Crippen LogP contribution >= 0.6 is 0 Å². The predicted octanol–water partition coefficient (Wildman–Crippen LogP) is 2.00. The van der Waals surface area contributed by atoms with Gasteiger partial charge in [0, 0.05) is 17.9 Å². The fourth-order valence-electron chi connectivity index (χ4n) is 1.48. The molecule has 0 aliphatic rings. The first kappa shape index (κ1) is 11.6. The Labute approximate surface area is 98.5 Å². The third-order valence-corrected chi connectivity index (χ3v) is 2.14. The second kappa shape index (κ2) is 3.84. The van der Waals surface area contributed by atoms with E-state index >= 15 is 0 Å². The Morgan fingerprint density at radius 3 is 2.71 bits per heavy atom. The summed E-state index contributed by atoms with van der Waals surface area (Å²) in [5, 5.41) is 2.80. The molecule has 2 aromatic rings. The Morgan fingerprint density at radius 1 is 1.35 bits per heavy atom.